The maximum absolute atomic E-state index is 12.5. The van der Waals surface area contributed by atoms with Crippen molar-refractivity contribution in [3.8, 4) is 28.6 Å². The van der Waals surface area contributed by atoms with Gasteiger partial charge in [0.15, 0.2) is 22.8 Å². The van der Waals surface area contributed by atoms with E-state index in [4.69, 9.17) is 14.9 Å². The molecule has 3 aromatic rings. The molecule has 124 valence electrons. The molecule has 4 N–H and O–H groups in total. The van der Waals surface area contributed by atoms with E-state index in [1.807, 2.05) is 0 Å². The largest absolute Gasteiger partial charge is 0.504 e. The van der Waals surface area contributed by atoms with Crippen LogP contribution < -0.4 is 15.9 Å². The summed E-state index contributed by atoms with van der Waals surface area (Å²) in [6.07, 6.45) is 0. The van der Waals surface area contributed by atoms with Crippen molar-refractivity contribution in [3.05, 3.63) is 50.6 Å². The zero-order valence-electron chi connectivity index (χ0n) is 12.7. The van der Waals surface area contributed by atoms with E-state index in [1.54, 1.807) is 12.1 Å². The van der Waals surface area contributed by atoms with E-state index in [0.29, 0.717) is 15.6 Å². The molecule has 0 radical (unpaired) electrons. The van der Waals surface area contributed by atoms with E-state index >= 15 is 0 Å². The van der Waals surface area contributed by atoms with Crippen LogP contribution in [0.5, 0.6) is 17.2 Å². The standard InChI is InChI=1S/C17H14BrNO5/c1-23-13-6-9(2-3-12(13)20)16-15(22)14(21)10-4-8(7-19)5-11(18)17(10)24-16/h2-6,20,22H,7,19H2,1H3. The first-order valence-electron chi connectivity index (χ1n) is 7.02. The summed E-state index contributed by atoms with van der Waals surface area (Å²) in [6, 6.07) is 7.73. The highest BCUT2D eigenvalue weighted by Gasteiger charge is 2.18. The smallest absolute Gasteiger partial charge is 0.235 e. The lowest BCUT2D eigenvalue weighted by Crippen LogP contribution is -2.05. The van der Waals surface area contributed by atoms with Crippen LogP contribution in [-0.4, -0.2) is 17.3 Å². The van der Waals surface area contributed by atoms with E-state index in [0.717, 1.165) is 5.56 Å². The molecular weight excluding hydrogens is 378 g/mol. The Morgan fingerprint density at radius 1 is 1.25 bits per heavy atom. The molecule has 0 saturated carbocycles. The Balaban J connectivity index is 2.32. The van der Waals surface area contributed by atoms with Crippen LogP contribution in [0.15, 0.2) is 44.0 Å². The van der Waals surface area contributed by atoms with E-state index in [9.17, 15) is 15.0 Å². The molecular formula is C17H14BrNO5. The first-order chi connectivity index (χ1) is 11.5. The summed E-state index contributed by atoms with van der Waals surface area (Å²) in [7, 11) is 1.40. The second kappa shape index (κ2) is 6.18. The van der Waals surface area contributed by atoms with Gasteiger partial charge in [-0.05, 0) is 51.8 Å². The van der Waals surface area contributed by atoms with Crippen molar-refractivity contribution in [3.63, 3.8) is 0 Å². The van der Waals surface area contributed by atoms with Gasteiger partial charge in [0.2, 0.25) is 11.2 Å². The number of nitrogens with two attached hydrogens (primary N) is 1. The summed E-state index contributed by atoms with van der Waals surface area (Å²) in [5.74, 6) is -0.381. The summed E-state index contributed by atoms with van der Waals surface area (Å²) in [6.45, 7) is 0.256. The molecule has 1 aromatic heterocycles. The molecule has 0 amide bonds. The number of phenolic OH excluding ortho intramolecular Hbond substituents is 1. The molecule has 2 aromatic carbocycles. The Kier molecular flexibility index (Phi) is 4.21. The van der Waals surface area contributed by atoms with Gasteiger partial charge in [0.1, 0.15) is 0 Å². The first kappa shape index (κ1) is 16.4. The third-order valence-corrected chi connectivity index (χ3v) is 4.25. The molecule has 0 spiro atoms. The minimum atomic E-state index is -0.561. The summed E-state index contributed by atoms with van der Waals surface area (Å²) in [5, 5.41) is 20.2. The molecule has 24 heavy (non-hydrogen) atoms. The number of halogens is 1. The fourth-order valence-electron chi connectivity index (χ4n) is 2.44. The van der Waals surface area contributed by atoms with Gasteiger partial charge in [-0.25, -0.2) is 0 Å². The number of benzene rings is 2. The van der Waals surface area contributed by atoms with Gasteiger partial charge in [-0.15, -0.1) is 0 Å². The lowest BCUT2D eigenvalue weighted by Gasteiger charge is -2.10. The van der Waals surface area contributed by atoms with Gasteiger partial charge < -0.3 is 25.1 Å². The number of phenols is 1. The number of methoxy groups -OCH3 is 1. The fourth-order valence-corrected chi connectivity index (χ4v) is 3.02. The molecule has 0 atom stereocenters. The zero-order chi connectivity index (χ0) is 17.4. The second-order valence-corrected chi connectivity index (χ2v) is 6.01. The van der Waals surface area contributed by atoms with Gasteiger partial charge in [0.25, 0.3) is 0 Å². The van der Waals surface area contributed by atoms with Crippen LogP contribution in [0.2, 0.25) is 0 Å². The number of aromatic hydroxyl groups is 2. The molecule has 7 heteroatoms. The lowest BCUT2D eigenvalue weighted by molar-refractivity contribution is 0.373. The van der Waals surface area contributed by atoms with Crippen molar-refractivity contribution >= 4 is 26.9 Å². The Hall–Kier alpha value is -2.51. The predicted octanol–water partition coefficient (Wildman–Crippen LogP) is 3.10. The Morgan fingerprint density at radius 3 is 2.67 bits per heavy atom. The van der Waals surface area contributed by atoms with Gasteiger partial charge in [0.05, 0.1) is 17.0 Å². The van der Waals surface area contributed by atoms with Crippen LogP contribution in [0.4, 0.5) is 0 Å². The van der Waals surface area contributed by atoms with Crippen molar-refractivity contribution in [1.82, 2.24) is 0 Å². The molecule has 0 unspecified atom stereocenters. The molecule has 0 aliphatic rings. The van der Waals surface area contributed by atoms with Crippen LogP contribution in [-0.2, 0) is 6.54 Å². The molecule has 0 bridgehead atoms. The van der Waals surface area contributed by atoms with Crippen molar-refractivity contribution in [1.29, 1.82) is 0 Å². The first-order valence-corrected chi connectivity index (χ1v) is 7.81. The third kappa shape index (κ3) is 2.61. The normalized spacial score (nSPS) is 11.0. The lowest BCUT2D eigenvalue weighted by atomic mass is 10.1. The van der Waals surface area contributed by atoms with E-state index < -0.39 is 11.2 Å². The van der Waals surface area contributed by atoms with Crippen LogP contribution in [0, 0.1) is 0 Å². The summed E-state index contributed by atoms with van der Waals surface area (Å²) in [5.41, 5.74) is 6.49. The zero-order valence-corrected chi connectivity index (χ0v) is 14.3. The quantitative estimate of drug-likeness (QED) is 0.633. The highest BCUT2D eigenvalue weighted by Crippen LogP contribution is 2.37. The number of fused-ring (bicyclic) bond motifs is 1. The maximum atomic E-state index is 12.5. The van der Waals surface area contributed by atoms with Gasteiger partial charge in [0, 0.05) is 12.1 Å². The van der Waals surface area contributed by atoms with Crippen LogP contribution in [0.25, 0.3) is 22.3 Å². The monoisotopic (exact) mass is 391 g/mol. The number of hydrogen-bond donors (Lipinski definition) is 3. The maximum Gasteiger partial charge on any atom is 0.235 e. The van der Waals surface area contributed by atoms with Crippen LogP contribution in [0.3, 0.4) is 0 Å². The number of ether oxygens (including phenoxy) is 1. The topological polar surface area (TPSA) is 106 Å². The Labute approximate surface area is 145 Å². The molecule has 3 rings (SSSR count). The SMILES string of the molecule is COc1cc(-c2oc3c(Br)cc(CN)cc3c(=O)c2O)ccc1O. The van der Waals surface area contributed by atoms with E-state index in [2.05, 4.69) is 15.9 Å². The molecule has 1 heterocycles. The highest BCUT2D eigenvalue weighted by molar-refractivity contribution is 9.10. The van der Waals surface area contributed by atoms with Crippen molar-refractivity contribution < 1.29 is 19.4 Å². The van der Waals surface area contributed by atoms with Gasteiger partial charge in [-0.3, -0.25) is 4.79 Å². The fraction of sp³-hybridized carbons (Fsp3) is 0.118. The number of rotatable bonds is 3. The molecule has 0 aliphatic carbocycles. The van der Waals surface area contributed by atoms with Gasteiger partial charge >= 0.3 is 0 Å². The highest BCUT2D eigenvalue weighted by atomic mass is 79.9. The molecule has 0 aliphatic heterocycles. The van der Waals surface area contributed by atoms with Crippen LogP contribution in [0.1, 0.15) is 5.56 Å². The summed E-state index contributed by atoms with van der Waals surface area (Å²) >= 11 is 3.36. The second-order valence-electron chi connectivity index (χ2n) is 5.15. The molecule has 6 nitrogen and oxygen atoms in total. The molecule has 0 fully saturated rings. The van der Waals surface area contributed by atoms with Crippen molar-refractivity contribution in [2.75, 3.05) is 7.11 Å². The summed E-state index contributed by atoms with van der Waals surface area (Å²) in [4.78, 5) is 12.5. The predicted molar refractivity (Wildman–Crippen MR) is 93.4 cm³/mol. The van der Waals surface area contributed by atoms with E-state index in [1.165, 1.54) is 25.3 Å². The Morgan fingerprint density at radius 2 is 2.00 bits per heavy atom. The van der Waals surface area contributed by atoms with E-state index in [-0.39, 0.29) is 29.2 Å². The number of hydrogen-bond acceptors (Lipinski definition) is 6. The third-order valence-electron chi connectivity index (χ3n) is 3.66. The average Bonchev–Trinajstić information content (AvgIpc) is 2.58. The Bertz CT molecular complexity index is 996. The van der Waals surface area contributed by atoms with Crippen molar-refractivity contribution in [2.24, 2.45) is 5.73 Å². The van der Waals surface area contributed by atoms with Crippen molar-refractivity contribution in [2.45, 2.75) is 6.54 Å². The van der Waals surface area contributed by atoms with Gasteiger partial charge in [-0.1, -0.05) is 0 Å². The van der Waals surface area contributed by atoms with Gasteiger partial charge in [-0.2, -0.15) is 0 Å². The van der Waals surface area contributed by atoms with Crippen LogP contribution >= 0.6 is 15.9 Å². The molecule has 0 saturated heterocycles. The summed E-state index contributed by atoms with van der Waals surface area (Å²) < 4.78 is 11.4. The average molecular weight is 392 g/mol. The minimum absolute atomic E-state index is 0.00741. The minimum Gasteiger partial charge on any atom is -0.504 e.